The lowest BCUT2D eigenvalue weighted by atomic mass is 9.94. The zero-order valence-corrected chi connectivity index (χ0v) is 21.3. The van der Waals surface area contributed by atoms with Crippen LogP contribution in [0.4, 0.5) is 13.2 Å². The lowest BCUT2D eigenvalue weighted by molar-refractivity contribution is -0.192. The molecule has 0 radical (unpaired) electrons. The Morgan fingerprint density at radius 3 is 2.13 bits per heavy atom. The molecule has 38 heavy (non-hydrogen) atoms. The highest BCUT2D eigenvalue weighted by atomic mass is 19.4. The molecule has 0 saturated carbocycles. The summed E-state index contributed by atoms with van der Waals surface area (Å²) in [5, 5.41) is 11.4. The number of hydrogen-bond acceptors (Lipinski definition) is 7. The molecule has 1 unspecified atom stereocenters. The Morgan fingerprint density at radius 1 is 1.00 bits per heavy atom. The number of nitrogens with zero attached hydrogens (tertiary/aromatic N) is 1. The Morgan fingerprint density at radius 2 is 1.61 bits per heavy atom. The van der Waals surface area contributed by atoms with Gasteiger partial charge in [0.25, 0.3) is 0 Å². The van der Waals surface area contributed by atoms with Crippen LogP contribution in [0.25, 0.3) is 10.8 Å². The largest absolute Gasteiger partial charge is 0.493 e. The van der Waals surface area contributed by atoms with Gasteiger partial charge in [0, 0.05) is 35.8 Å². The number of methoxy groups -OCH3 is 2. The number of hydrogen-bond donors (Lipinski definition) is 2. The number of fused-ring (bicyclic) bond motifs is 1. The van der Waals surface area contributed by atoms with Gasteiger partial charge in [0.05, 0.1) is 20.3 Å². The predicted octanol–water partition coefficient (Wildman–Crippen LogP) is 4.73. The molecule has 3 rings (SSSR count). The quantitative estimate of drug-likeness (QED) is 0.396. The van der Waals surface area contributed by atoms with Crippen molar-refractivity contribution in [2.24, 2.45) is 0 Å². The standard InChI is InChI=1S/C24H26N2O5.C2HF3O2/c1-14(2)31-18-8-6-7-16(9-18)24(28)23(26-15(3)27)20-13-25-12-17-10-21(29-4)22(30-5)11-19(17)20;3-2(4,5)1(6)7/h6-14,23H,1-5H3,(H,26,27);(H,6,7). The molecule has 0 fully saturated rings. The fourth-order valence-electron chi connectivity index (χ4n) is 3.40. The molecule has 0 spiro atoms. The first-order valence-electron chi connectivity index (χ1n) is 11.2. The molecule has 0 bridgehead atoms. The first-order valence-corrected chi connectivity index (χ1v) is 11.2. The Balaban J connectivity index is 0.000000638. The smallest absolute Gasteiger partial charge is 0.490 e. The summed E-state index contributed by atoms with van der Waals surface area (Å²) in [7, 11) is 3.10. The number of halogens is 3. The van der Waals surface area contributed by atoms with Crippen molar-refractivity contribution in [2.75, 3.05) is 14.2 Å². The normalized spacial score (nSPS) is 11.7. The van der Waals surface area contributed by atoms with Crippen molar-refractivity contribution in [3.63, 3.8) is 0 Å². The van der Waals surface area contributed by atoms with Gasteiger partial charge in [-0.15, -0.1) is 0 Å². The van der Waals surface area contributed by atoms with Crippen LogP contribution in [-0.4, -0.2) is 54.3 Å². The SMILES string of the molecule is COc1cc2cncc(C(NC(C)=O)C(=O)c3cccc(OC(C)C)c3)c2cc1OC.O=C(O)C(F)(F)F. The third-order valence-electron chi connectivity index (χ3n) is 4.95. The second-order valence-electron chi connectivity index (χ2n) is 8.15. The number of pyridine rings is 1. The van der Waals surface area contributed by atoms with Gasteiger partial charge in [0.15, 0.2) is 17.3 Å². The molecule has 12 heteroatoms. The topological polar surface area (TPSA) is 124 Å². The Kier molecular flexibility index (Phi) is 10.0. The van der Waals surface area contributed by atoms with Crippen LogP contribution in [0.1, 0.15) is 42.7 Å². The highest BCUT2D eigenvalue weighted by Crippen LogP contribution is 2.35. The van der Waals surface area contributed by atoms with E-state index in [1.54, 1.807) is 63.0 Å². The van der Waals surface area contributed by atoms with Gasteiger partial charge in [-0.05, 0) is 43.5 Å². The number of nitrogens with one attached hydrogen (secondary N) is 1. The number of amides is 1. The van der Waals surface area contributed by atoms with Crippen LogP contribution in [-0.2, 0) is 9.59 Å². The van der Waals surface area contributed by atoms with Gasteiger partial charge >= 0.3 is 12.1 Å². The first-order chi connectivity index (χ1) is 17.8. The molecule has 1 heterocycles. The van der Waals surface area contributed by atoms with E-state index in [9.17, 15) is 22.8 Å². The maximum atomic E-state index is 13.5. The van der Waals surface area contributed by atoms with Crippen LogP contribution in [0.5, 0.6) is 17.2 Å². The zero-order chi connectivity index (χ0) is 28.6. The molecule has 3 aromatic rings. The number of Topliss-reactive ketones (excluding diaryl/α,β-unsaturated/α-hetero) is 1. The lowest BCUT2D eigenvalue weighted by Crippen LogP contribution is -2.32. The van der Waals surface area contributed by atoms with Gasteiger partial charge in [-0.25, -0.2) is 4.79 Å². The van der Waals surface area contributed by atoms with Gasteiger partial charge in [-0.3, -0.25) is 14.6 Å². The molecule has 2 N–H and O–H groups in total. The van der Waals surface area contributed by atoms with Crippen molar-refractivity contribution < 1.29 is 46.9 Å². The van der Waals surface area contributed by atoms with Crippen molar-refractivity contribution in [3.8, 4) is 17.2 Å². The van der Waals surface area contributed by atoms with Crippen molar-refractivity contribution in [3.05, 3.63) is 59.9 Å². The van der Waals surface area contributed by atoms with Gasteiger partial charge < -0.3 is 24.6 Å². The molecule has 1 aromatic heterocycles. The average molecular weight is 537 g/mol. The maximum absolute atomic E-state index is 13.5. The van der Waals surface area contributed by atoms with E-state index in [4.69, 9.17) is 24.1 Å². The fraction of sp³-hybridized carbons (Fsp3) is 0.308. The van der Waals surface area contributed by atoms with Crippen LogP contribution in [0.3, 0.4) is 0 Å². The molecule has 1 atom stereocenters. The number of ether oxygens (including phenoxy) is 3. The third kappa shape index (κ3) is 7.82. The summed E-state index contributed by atoms with van der Waals surface area (Å²) in [5.74, 6) is -1.70. The third-order valence-corrected chi connectivity index (χ3v) is 4.95. The number of benzene rings is 2. The van der Waals surface area contributed by atoms with Crippen molar-refractivity contribution in [1.29, 1.82) is 0 Å². The number of alkyl halides is 3. The minimum Gasteiger partial charge on any atom is -0.493 e. The molecular formula is C26H27F3N2O7. The first kappa shape index (κ1) is 29.9. The number of carbonyl (C=O) groups is 3. The van der Waals surface area contributed by atoms with Crippen molar-refractivity contribution >= 4 is 28.4 Å². The molecule has 0 saturated heterocycles. The molecule has 0 aliphatic heterocycles. The molecule has 1 amide bonds. The highest BCUT2D eigenvalue weighted by molar-refractivity contribution is 6.05. The van der Waals surface area contributed by atoms with Crippen LogP contribution in [0.2, 0.25) is 0 Å². The Labute approximate surface area is 216 Å². The van der Waals surface area contributed by atoms with Crippen LogP contribution in [0, 0.1) is 0 Å². The van der Waals surface area contributed by atoms with E-state index in [0.717, 1.165) is 10.8 Å². The number of carboxylic acid groups (broad SMARTS) is 1. The highest BCUT2D eigenvalue weighted by Gasteiger charge is 2.38. The Hall–Kier alpha value is -4.35. The monoisotopic (exact) mass is 536 g/mol. The van der Waals surface area contributed by atoms with Crippen LogP contribution < -0.4 is 19.5 Å². The van der Waals surface area contributed by atoms with E-state index in [2.05, 4.69) is 10.3 Å². The second kappa shape index (κ2) is 12.7. The minimum absolute atomic E-state index is 0.0267. The van der Waals surface area contributed by atoms with Crippen LogP contribution >= 0.6 is 0 Å². The molecule has 0 aliphatic carbocycles. The van der Waals surface area contributed by atoms with E-state index in [1.165, 1.54) is 6.92 Å². The second-order valence-corrected chi connectivity index (χ2v) is 8.15. The van der Waals surface area contributed by atoms with E-state index in [1.807, 2.05) is 13.8 Å². The summed E-state index contributed by atoms with van der Waals surface area (Å²) in [6.45, 7) is 5.21. The lowest BCUT2D eigenvalue weighted by Gasteiger charge is -2.20. The van der Waals surface area contributed by atoms with Gasteiger partial charge in [0.2, 0.25) is 5.91 Å². The maximum Gasteiger partial charge on any atom is 0.490 e. The zero-order valence-electron chi connectivity index (χ0n) is 21.3. The van der Waals surface area contributed by atoms with Gasteiger partial charge in [-0.1, -0.05) is 12.1 Å². The predicted molar refractivity (Wildman–Crippen MR) is 132 cm³/mol. The summed E-state index contributed by atoms with van der Waals surface area (Å²) in [5.41, 5.74) is 0.989. The number of ketones is 1. The van der Waals surface area contributed by atoms with E-state index < -0.39 is 18.2 Å². The number of aliphatic carboxylic acids is 1. The minimum atomic E-state index is -5.08. The van der Waals surface area contributed by atoms with Crippen LogP contribution in [0.15, 0.2) is 48.8 Å². The van der Waals surface area contributed by atoms with E-state index in [-0.39, 0.29) is 17.8 Å². The molecule has 0 aliphatic rings. The van der Waals surface area contributed by atoms with E-state index in [0.29, 0.717) is 28.4 Å². The van der Waals surface area contributed by atoms with Crippen molar-refractivity contribution in [1.82, 2.24) is 10.3 Å². The Bertz CT molecular complexity index is 1310. The summed E-state index contributed by atoms with van der Waals surface area (Å²) < 4.78 is 48.2. The number of carboxylic acids is 1. The molecule has 204 valence electrons. The van der Waals surface area contributed by atoms with E-state index >= 15 is 0 Å². The fourth-order valence-corrected chi connectivity index (χ4v) is 3.40. The summed E-state index contributed by atoms with van der Waals surface area (Å²) in [4.78, 5) is 38.6. The summed E-state index contributed by atoms with van der Waals surface area (Å²) in [6, 6.07) is 9.57. The van der Waals surface area contributed by atoms with Crippen molar-refractivity contribution in [2.45, 2.75) is 39.1 Å². The van der Waals surface area contributed by atoms with Gasteiger partial charge in [0.1, 0.15) is 11.8 Å². The summed E-state index contributed by atoms with van der Waals surface area (Å²) >= 11 is 0. The number of carbonyl (C=O) groups excluding carboxylic acids is 2. The van der Waals surface area contributed by atoms with Gasteiger partial charge in [-0.2, -0.15) is 13.2 Å². The average Bonchev–Trinajstić information content (AvgIpc) is 2.85. The molecular weight excluding hydrogens is 509 g/mol. The molecule has 9 nitrogen and oxygen atoms in total. The summed E-state index contributed by atoms with van der Waals surface area (Å²) in [6.07, 6.45) is -1.85. The molecule has 2 aromatic carbocycles. The number of rotatable bonds is 8. The number of aromatic nitrogens is 1.